The second-order valence-electron chi connectivity index (χ2n) is 8.43. The molecular weight excluding hydrogens is 252 g/mol. The fraction of sp³-hybridized carbons (Fsp3) is 0.619. The predicted octanol–water partition coefficient (Wildman–Crippen LogP) is 6.14. The van der Waals surface area contributed by atoms with E-state index in [0.717, 1.165) is 11.8 Å². The lowest BCUT2D eigenvalue weighted by Gasteiger charge is -2.48. The molecule has 1 aromatic carbocycles. The molecule has 0 unspecified atom stereocenters. The molecule has 0 heteroatoms. The summed E-state index contributed by atoms with van der Waals surface area (Å²) >= 11 is 0. The summed E-state index contributed by atoms with van der Waals surface area (Å²) in [6.45, 7) is 14.2. The lowest BCUT2D eigenvalue weighted by atomic mass is 9.57. The molecule has 0 amide bonds. The minimum absolute atomic E-state index is 0.427. The van der Waals surface area contributed by atoms with Crippen LogP contribution in [-0.2, 0) is 6.42 Å². The van der Waals surface area contributed by atoms with Gasteiger partial charge in [-0.2, -0.15) is 0 Å². The normalized spacial score (nSPS) is 27.1. The monoisotopic (exact) mass is 282 g/mol. The summed E-state index contributed by atoms with van der Waals surface area (Å²) in [6, 6.07) is 4.96. The maximum Gasteiger partial charge on any atom is -0.00830 e. The van der Waals surface area contributed by atoms with E-state index < -0.39 is 0 Å². The zero-order valence-corrected chi connectivity index (χ0v) is 14.6. The van der Waals surface area contributed by atoms with Gasteiger partial charge in [0.05, 0.1) is 0 Å². The molecule has 0 aromatic heterocycles. The van der Waals surface area contributed by atoms with Gasteiger partial charge in [0.15, 0.2) is 0 Å². The van der Waals surface area contributed by atoms with Crippen LogP contribution in [0.3, 0.4) is 0 Å². The number of hydrogen-bond donors (Lipinski definition) is 0. The van der Waals surface area contributed by atoms with Crippen LogP contribution in [0, 0.1) is 18.3 Å². The first-order chi connectivity index (χ1) is 9.79. The number of benzene rings is 1. The standard InChI is InChI=1S/C21H30/c1-13(2)16-10-15(4)20-17(11-16)12-21(5,6)19-8-7-14(3)9-18(19)20/h7,10-11,13,18-19H,8-9,12H2,1-6H3/t18-,19-/m1/s1. The first-order valence-electron chi connectivity index (χ1n) is 8.58. The Morgan fingerprint density at radius 3 is 2.52 bits per heavy atom. The molecule has 0 radical (unpaired) electrons. The average molecular weight is 282 g/mol. The molecule has 2 aliphatic rings. The molecule has 0 spiro atoms. The minimum atomic E-state index is 0.427. The van der Waals surface area contributed by atoms with Gasteiger partial charge >= 0.3 is 0 Å². The Morgan fingerprint density at radius 2 is 1.86 bits per heavy atom. The van der Waals surface area contributed by atoms with Crippen molar-refractivity contribution in [1.29, 1.82) is 0 Å². The lowest BCUT2D eigenvalue weighted by Crippen LogP contribution is -2.38. The highest BCUT2D eigenvalue weighted by Gasteiger charge is 2.43. The summed E-state index contributed by atoms with van der Waals surface area (Å²) in [5.74, 6) is 2.19. The van der Waals surface area contributed by atoms with E-state index in [4.69, 9.17) is 0 Å². The molecule has 114 valence electrons. The van der Waals surface area contributed by atoms with Crippen LogP contribution < -0.4 is 0 Å². The van der Waals surface area contributed by atoms with Gasteiger partial charge < -0.3 is 0 Å². The van der Waals surface area contributed by atoms with Crippen molar-refractivity contribution in [3.8, 4) is 0 Å². The van der Waals surface area contributed by atoms with E-state index in [0.29, 0.717) is 11.3 Å². The number of allylic oxidation sites excluding steroid dienone is 2. The molecule has 21 heavy (non-hydrogen) atoms. The second kappa shape index (κ2) is 5.00. The minimum Gasteiger partial charge on any atom is -0.0853 e. The highest BCUT2D eigenvalue weighted by Crippen LogP contribution is 2.53. The van der Waals surface area contributed by atoms with Gasteiger partial charge in [0.2, 0.25) is 0 Å². The van der Waals surface area contributed by atoms with Crippen molar-refractivity contribution in [3.05, 3.63) is 46.0 Å². The molecule has 0 fully saturated rings. The molecule has 2 atom stereocenters. The van der Waals surface area contributed by atoms with E-state index in [-0.39, 0.29) is 0 Å². The van der Waals surface area contributed by atoms with Gasteiger partial charge in [-0.15, -0.1) is 0 Å². The third-order valence-corrected chi connectivity index (χ3v) is 5.93. The van der Waals surface area contributed by atoms with Crippen molar-refractivity contribution >= 4 is 0 Å². The molecule has 0 heterocycles. The number of aryl methyl sites for hydroxylation is 1. The SMILES string of the molecule is CC1=CC[C@@H]2[C@@H](C1)c1c(C)cc(C(C)C)cc1CC2(C)C. The van der Waals surface area contributed by atoms with Crippen LogP contribution in [0.1, 0.15) is 81.5 Å². The number of hydrogen-bond acceptors (Lipinski definition) is 0. The van der Waals surface area contributed by atoms with Crippen LogP contribution in [0.4, 0.5) is 0 Å². The van der Waals surface area contributed by atoms with Gasteiger partial charge in [-0.05, 0) is 78.5 Å². The first-order valence-corrected chi connectivity index (χ1v) is 8.58. The Balaban J connectivity index is 2.14. The van der Waals surface area contributed by atoms with E-state index in [1.165, 1.54) is 30.4 Å². The van der Waals surface area contributed by atoms with Crippen molar-refractivity contribution in [1.82, 2.24) is 0 Å². The molecule has 3 rings (SSSR count). The summed E-state index contributed by atoms with van der Waals surface area (Å²) in [7, 11) is 0. The lowest BCUT2D eigenvalue weighted by molar-refractivity contribution is 0.151. The summed E-state index contributed by atoms with van der Waals surface area (Å²) in [5, 5.41) is 0. The van der Waals surface area contributed by atoms with Gasteiger partial charge in [0.1, 0.15) is 0 Å². The van der Waals surface area contributed by atoms with Crippen molar-refractivity contribution in [2.45, 2.75) is 72.6 Å². The van der Waals surface area contributed by atoms with Gasteiger partial charge in [0, 0.05) is 0 Å². The fourth-order valence-corrected chi connectivity index (χ4v) is 4.77. The van der Waals surface area contributed by atoms with Crippen LogP contribution in [0.25, 0.3) is 0 Å². The summed E-state index contributed by atoms with van der Waals surface area (Å²) in [4.78, 5) is 0. The summed E-state index contributed by atoms with van der Waals surface area (Å²) in [6.07, 6.45) is 6.28. The van der Waals surface area contributed by atoms with E-state index in [1.807, 2.05) is 0 Å². The average Bonchev–Trinajstić information content (AvgIpc) is 2.36. The Morgan fingerprint density at radius 1 is 1.14 bits per heavy atom. The van der Waals surface area contributed by atoms with Crippen LogP contribution >= 0.6 is 0 Å². The van der Waals surface area contributed by atoms with E-state index >= 15 is 0 Å². The maximum atomic E-state index is 2.51. The summed E-state index contributed by atoms with van der Waals surface area (Å²) in [5.41, 5.74) is 8.40. The van der Waals surface area contributed by atoms with Crippen LogP contribution in [0.5, 0.6) is 0 Å². The quantitative estimate of drug-likeness (QED) is 0.543. The molecule has 0 N–H and O–H groups in total. The Labute approximate surface area is 130 Å². The van der Waals surface area contributed by atoms with E-state index in [2.05, 4.69) is 59.8 Å². The highest BCUT2D eigenvalue weighted by atomic mass is 14.5. The van der Waals surface area contributed by atoms with Crippen molar-refractivity contribution in [2.24, 2.45) is 11.3 Å². The largest absolute Gasteiger partial charge is 0.0853 e. The molecule has 0 nitrogen and oxygen atoms in total. The number of fused-ring (bicyclic) bond motifs is 3. The third-order valence-electron chi connectivity index (χ3n) is 5.93. The first kappa shape index (κ1) is 14.9. The van der Waals surface area contributed by atoms with Crippen LogP contribution in [0.15, 0.2) is 23.8 Å². The molecule has 0 bridgehead atoms. The molecule has 0 saturated carbocycles. The summed E-state index contributed by atoms with van der Waals surface area (Å²) < 4.78 is 0. The van der Waals surface area contributed by atoms with Gasteiger partial charge in [0.25, 0.3) is 0 Å². The Bertz CT molecular complexity index is 586. The van der Waals surface area contributed by atoms with Crippen molar-refractivity contribution in [3.63, 3.8) is 0 Å². The van der Waals surface area contributed by atoms with Gasteiger partial charge in [-0.3, -0.25) is 0 Å². The smallest absolute Gasteiger partial charge is 0.00830 e. The predicted molar refractivity (Wildman–Crippen MR) is 92.0 cm³/mol. The third kappa shape index (κ3) is 2.47. The molecule has 1 aromatic rings. The highest BCUT2D eigenvalue weighted by molar-refractivity contribution is 5.46. The van der Waals surface area contributed by atoms with Gasteiger partial charge in [-0.25, -0.2) is 0 Å². The zero-order valence-electron chi connectivity index (χ0n) is 14.6. The molecular formula is C21H30. The molecule has 0 saturated heterocycles. The van der Waals surface area contributed by atoms with Crippen LogP contribution in [-0.4, -0.2) is 0 Å². The molecule has 2 aliphatic carbocycles. The van der Waals surface area contributed by atoms with Gasteiger partial charge in [-0.1, -0.05) is 51.5 Å². The van der Waals surface area contributed by atoms with Crippen molar-refractivity contribution < 1.29 is 0 Å². The van der Waals surface area contributed by atoms with E-state index in [9.17, 15) is 0 Å². The second-order valence-corrected chi connectivity index (χ2v) is 8.43. The Kier molecular flexibility index (Phi) is 3.55. The van der Waals surface area contributed by atoms with Crippen molar-refractivity contribution in [2.75, 3.05) is 0 Å². The fourth-order valence-electron chi connectivity index (χ4n) is 4.77. The maximum absolute atomic E-state index is 2.51. The van der Waals surface area contributed by atoms with Crippen LogP contribution in [0.2, 0.25) is 0 Å². The molecule has 0 aliphatic heterocycles. The topological polar surface area (TPSA) is 0 Å². The van der Waals surface area contributed by atoms with E-state index in [1.54, 1.807) is 16.7 Å². The Hall–Kier alpha value is -1.04. The number of rotatable bonds is 1. The zero-order chi connectivity index (χ0) is 15.4.